The van der Waals surface area contributed by atoms with Crippen molar-refractivity contribution in [3.8, 4) is 0 Å². The van der Waals surface area contributed by atoms with Gasteiger partial charge in [-0.15, -0.1) is 22.7 Å². The fourth-order valence-electron chi connectivity index (χ4n) is 5.66. The molecule has 4 aliphatic rings. The maximum atomic E-state index is 12.7. The van der Waals surface area contributed by atoms with Crippen LogP contribution >= 0.6 is 50.2 Å². The second kappa shape index (κ2) is 6.17. The van der Waals surface area contributed by atoms with E-state index in [0.717, 1.165) is 34.8 Å². The minimum absolute atomic E-state index is 0.182. The average Bonchev–Trinajstić information content (AvgIpc) is 3.12. The summed E-state index contributed by atoms with van der Waals surface area (Å²) in [7, 11) is -3.68. The van der Waals surface area contributed by atoms with Crippen LogP contribution < -0.4 is 4.72 Å². The van der Waals surface area contributed by atoms with Gasteiger partial charge in [-0.2, -0.15) is 0 Å². The third-order valence-corrected chi connectivity index (χ3v) is 11.4. The Morgan fingerprint density at radius 3 is 2.35 bits per heavy atom. The predicted octanol–water partition coefficient (Wildman–Crippen LogP) is 5.89. The molecule has 140 valence electrons. The monoisotopic (exact) mass is 492 g/mol. The molecular formula is C17H18BrClN2O2S3. The van der Waals surface area contributed by atoms with Crippen LogP contribution in [-0.2, 0) is 15.4 Å². The molecule has 0 saturated heterocycles. The summed E-state index contributed by atoms with van der Waals surface area (Å²) in [6.07, 6.45) is 7.82. The Kier molecular flexibility index (Phi) is 4.25. The number of hydrogen-bond donors (Lipinski definition) is 1. The van der Waals surface area contributed by atoms with Gasteiger partial charge in [-0.1, -0.05) is 11.6 Å². The van der Waals surface area contributed by atoms with Crippen LogP contribution in [0.15, 0.2) is 20.1 Å². The van der Waals surface area contributed by atoms with Crippen molar-refractivity contribution in [2.24, 2.45) is 17.8 Å². The molecule has 0 spiro atoms. The maximum Gasteiger partial charge on any atom is 0.274 e. The molecule has 4 nitrogen and oxygen atoms in total. The van der Waals surface area contributed by atoms with Gasteiger partial charge in [0.1, 0.15) is 0 Å². The summed E-state index contributed by atoms with van der Waals surface area (Å²) in [5.41, 5.74) is 1.28. The molecule has 0 amide bonds. The van der Waals surface area contributed by atoms with E-state index in [1.165, 1.54) is 49.9 Å². The molecule has 0 aromatic carbocycles. The van der Waals surface area contributed by atoms with Crippen molar-refractivity contribution >= 4 is 65.4 Å². The van der Waals surface area contributed by atoms with Gasteiger partial charge in [0.05, 0.1) is 14.5 Å². The van der Waals surface area contributed by atoms with Crippen LogP contribution in [0.1, 0.15) is 44.2 Å². The van der Waals surface area contributed by atoms with Gasteiger partial charge in [0.25, 0.3) is 10.0 Å². The van der Waals surface area contributed by atoms with E-state index in [1.54, 1.807) is 6.07 Å². The Morgan fingerprint density at radius 1 is 1.19 bits per heavy atom. The zero-order valence-corrected chi connectivity index (χ0v) is 18.7. The number of nitrogens with zero attached hydrogens (tertiary/aromatic N) is 1. The largest absolute Gasteiger partial charge is 0.274 e. The number of sulfonamides is 1. The lowest BCUT2D eigenvalue weighted by molar-refractivity contribution is -0.00688. The molecule has 0 atom stereocenters. The highest BCUT2D eigenvalue weighted by Gasteiger charge is 2.52. The highest BCUT2D eigenvalue weighted by atomic mass is 79.9. The standard InChI is InChI=1S/C17H18BrClN2O2S3/c18-12-4-14(19)25-15(12)26(22,23)21-16-20-13(8-24-16)17-5-9-1-10(6-17)3-11(2-9)7-17/h4,8-11H,1-3,5-7H2,(H,20,21). The van der Waals surface area contributed by atoms with Gasteiger partial charge in [-0.25, -0.2) is 13.4 Å². The molecule has 4 saturated carbocycles. The molecule has 0 unspecified atom stereocenters. The highest BCUT2D eigenvalue weighted by Crippen LogP contribution is 2.60. The first-order valence-electron chi connectivity index (χ1n) is 8.77. The Bertz CT molecular complexity index is 933. The number of thiazole rings is 1. The lowest BCUT2D eigenvalue weighted by Crippen LogP contribution is -2.48. The summed E-state index contributed by atoms with van der Waals surface area (Å²) in [6.45, 7) is 0. The summed E-state index contributed by atoms with van der Waals surface area (Å²) >= 11 is 11.6. The predicted molar refractivity (Wildman–Crippen MR) is 110 cm³/mol. The molecule has 2 heterocycles. The van der Waals surface area contributed by atoms with E-state index < -0.39 is 10.0 Å². The number of hydrogen-bond acceptors (Lipinski definition) is 5. The zero-order chi connectivity index (χ0) is 18.1. The average molecular weight is 494 g/mol. The van der Waals surface area contributed by atoms with Crippen LogP contribution in [-0.4, -0.2) is 13.4 Å². The quantitative estimate of drug-likeness (QED) is 0.578. The molecule has 4 fully saturated rings. The van der Waals surface area contributed by atoms with Crippen LogP contribution in [0, 0.1) is 17.8 Å². The molecule has 2 aromatic rings. The fourth-order valence-corrected chi connectivity index (χ4v) is 10.8. The molecule has 0 aliphatic heterocycles. The lowest BCUT2D eigenvalue weighted by Gasteiger charge is -2.56. The lowest BCUT2D eigenvalue weighted by atomic mass is 9.49. The summed E-state index contributed by atoms with van der Waals surface area (Å²) < 4.78 is 29.1. The van der Waals surface area contributed by atoms with Gasteiger partial charge >= 0.3 is 0 Å². The maximum absolute atomic E-state index is 12.7. The molecule has 2 aromatic heterocycles. The fraction of sp³-hybridized carbons (Fsp3) is 0.588. The van der Waals surface area contributed by atoms with Crippen molar-refractivity contribution in [3.63, 3.8) is 0 Å². The van der Waals surface area contributed by atoms with Crippen molar-refractivity contribution < 1.29 is 8.42 Å². The number of rotatable bonds is 4. The second-order valence-corrected chi connectivity index (χ2v) is 13.3. The second-order valence-electron chi connectivity index (χ2n) is 8.03. The topological polar surface area (TPSA) is 59.1 Å². The van der Waals surface area contributed by atoms with Crippen molar-refractivity contribution in [2.75, 3.05) is 4.72 Å². The summed E-state index contributed by atoms with van der Waals surface area (Å²) in [5.74, 6) is 2.52. The van der Waals surface area contributed by atoms with E-state index in [-0.39, 0.29) is 9.62 Å². The molecule has 0 radical (unpaired) electrons. The SMILES string of the molecule is O=S(=O)(Nc1nc(C23CC4CC(CC(C4)C2)C3)cs1)c1sc(Cl)cc1Br. The van der Waals surface area contributed by atoms with Gasteiger partial charge in [0, 0.05) is 10.8 Å². The van der Waals surface area contributed by atoms with Crippen LogP contribution in [0.3, 0.4) is 0 Å². The third kappa shape index (κ3) is 2.96. The first kappa shape index (κ1) is 17.9. The van der Waals surface area contributed by atoms with E-state index in [2.05, 4.69) is 26.0 Å². The Balaban J connectivity index is 1.42. The van der Waals surface area contributed by atoms with Gasteiger partial charge in [-0.3, -0.25) is 4.72 Å². The van der Waals surface area contributed by atoms with Crippen molar-refractivity contribution in [3.05, 3.63) is 25.9 Å². The van der Waals surface area contributed by atoms with E-state index in [1.807, 2.05) is 0 Å². The Hall–Kier alpha value is -0.150. The Labute approximate surface area is 174 Å². The van der Waals surface area contributed by atoms with E-state index in [4.69, 9.17) is 16.6 Å². The van der Waals surface area contributed by atoms with E-state index in [9.17, 15) is 8.42 Å². The number of aromatic nitrogens is 1. The smallest absolute Gasteiger partial charge is 0.254 e. The zero-order valence-electron chi connectivity index (χ0n) is 13.9. The molecule has 9 heteroatoms. The molecule has 4 bridgehead atoms. The Morgan fingerprint density at radius 2 is 1.81 bits per heavy atom. The van der Waals surface area contributed by atoms with E-state index >= 15 is 0 Å². The number of nitrogens with one attached hydrogen (secondary N) is 1. The van der Waals surface area contributed by atoms with Crippen molar-refractivity contribution in [2.45, 2.75) is 48.1 Å². The number of halogens is 2. The number of anilines is 1. The van der Waals surface area contributed by atoms with Crippen LogP contribution in [0.4, 0.5) is 5.13 Å². The summed E-state index contributed by atoms with van der Waals surface area (Å²) in [6, 6.07) is 1.60. The molecule has 6 rings (SSSR count). The van der Waals surface area contributed by atoms with Gasteiger partial charge in [0.15, 0.2) is 9.34 Å². The van der Waals surface area contributed by atoms with Gasteiger partial charge in [0.2, 0.25) is 0 Å². The third-order valence-electron chi connectivity index (χ3n) is 6.18. The molecule has 1 N–H and O–H groups in total. The molecule has 4 aliphatic carbocycles. The molecular weight excluding hydrogens is 476 g/mol. The van der Waals surface area contributed by atoms with Gasteiger partial charge < -0.3 is 0 Å². The van der Waals surface area contributed by atoms with Crippen molar-refractivity contribution in [1.82, 2.24) is 4.98 Å². The minimum Gasteiger partial charge on any atom is -0.254 e. The van der Waals surface area contributed by atoms with Gasteiger partial charge in [-0.05, 0) is 78.3 Å². The first-order valence-corrected chi connectivity index (χ1v) is 13.1. The molecule has 26 heavy (non-hydrogen) atoms. The first-order chi connectivity index (χ1) is 12.3. The van der Waals surface area contributed by atoms with E-state index in [0.29, 0.717) is 13.9 Å². The van der Waals surface area contributed by atoms with Crippen LogP contribution in [0.5, 0.6) is 0 Å². The summed E-state index contributed by atoms with van der Waals surface area (Å²) in [5, 5.41) is 2.52. The number of thiophene rings is 1. The summed E-state index contributed by atoms with van der Waals surface area (Å²) in [4.78, 5) is 4.73. The highest BCUT2D eigenvalue weighted by molar-refractivity contribution is 9.10. The van der Waals surface area contributed by atoms with Crippen molar-refractivity contribution in [1.29, 1.82) is 0 Å². The van der Waals surface area contributed by atoms with Crippen LogP contribution in [0.25, 0.3) is 0 Å². The van der Waals surface area contributed by atoms with Crippen LogP contribution in [0.2, 0.25) is 4.34 Å². The normalized spacial score (nSPS) is 32.9. The minimum atomic E-state index is -3.68.